The molecule has 0 radical (unpaired) electrons. The molecule has 0 spiro atoms. The van der Waals surface area contributed by atoms with E-state index in [1.807, 2.05) is 12.1 Å². The summed E-state index contributed by atoms with van der Waals surface area (Å²) in [5.74, 6) is 0.696. The molecule has 2 unspecified atom stereocenters. The van der Waals surface area contributed by atoms with Gasteiger partial charge in [-0.1, -0.05) is 12.5 Å². The van der Waals surface area contributed by atoms with E-state index in [1.165, 1.54) is 6.42 Å². The van der Waals surface area contributed by atoms with Crippen LogP contribution in [0, 0.1) is 0 Å². The van der Waals surface area contributed by atoms with E-state index in [9.17, 15) is 4.79 Å². The quantitative estimate of drug-likeness (QED) is 0.817. The second kappa shape index (κ2) is 7.31. The highest BCUT2D eigenvalue weighted by Gasteiger charge is 2.25. The van der Waals surface area contributed by atoms with Crippen LogP contribution in [0.15, 0.2) is 24.3 Å². The predicted octanol–water partition coefficient (Wildman–Crippen LogP) is 2.33. The van der Waals surface area contributed by atoms with Crippen molar-refractivity contribution >= 4 is 11.6 Å². The Kier molecular flexibility index (Phi) is 5.44. The molecule has 2 rings (SSSR count). The van der Waals surface area contributed by atoms with Gasteiger partial charge in [0.25, 0.3) is 0 Å². The van der Waals surface area contributed by atoms with Gasteiger partial charge in [-0.15, -0.1) is 0 Å². The van der Waals surface area contributed by atoms with Gasteiger partial charge in [-0.3, -0.25) is 10.2 Å². The molecule has 21 heavy (non-hydrogen) atoms. The summed E-state index contributed by atoms with van der Waals surface area (Å²) in [6.07, 6.45) is 3.83. The minimum atomic E-state index is -0.000460. The van der Waals surface area contributed by atoms with Gasteiger partial charge in [0.1, 0.15) is 5.75 Å². The Balaban J connectivity index is 1.74. The summed E-state index contributed by atoms with van der Waals surface area (Å²) in [7, 11) is 0. The second-order valence-electron chi connectivity index (χ2n) is 5.74. The number of benzene rings is 1. The van der Waals surface area contributed by atoms with Crippen LogP contribution < -0.4 is 15.9 Å². The molecule has 1 aromatic rings. The van der Waals surface area contributed by atoms with Crippen LogP contribution in [0.4, 0.5) is 5.69 Å². The topological polar surface area (TPSA) is 67.6 Å². The summed E-state index contributed by atoms with van der Waals surface area (Å²) in [6, 6.07) is 8.02. The van der Waals surface area contributed by atoms with E-state index >= 15 is 0 Å². The molecule has 1 saturated heterocycles. The Labute approximate surface area is 126 Å². The third kappa shape index (κ3) is 4.63. The minimum Gasteiger partial charge on any atom is -0.493 e. The Morgan fingerprint density at radius 1 is 1.38 bits per heavy atom. The zero-order valence-corrected chi connectivity index (χ0v) is 12.8. The predicted molar refractivity (Wildman–Crippen MR) is 83.7 cm³/mol. The summed E-state index contributed by atoms with van der Waals surface area (Å²) in [4.78, 5) is 12.0. The first-order valence-corrected chi connectivity index (χ1v) is 7.62. The number of hydrogen-bond donors (Lipinski definition) is 2. The third-order valence-corrected chi connectivity index (χ3v) is 3.90. The number of hydrazine groups is 1. The number of nitrogens with two attached hydrogens (primary N) is 1. The highest BCUT2D eigenvalue weighted by atomic mass is 16.5. The van der Waals surface area contributed by atoms with Crippen molar-refractivity contribution in [2.45, 2.75) is 51.6 Å². The molecular weight excluding hydrogens is 266 g/mol. The molecule has 5 heteroatoms. The van der Waals surface area contributed by atoms with Crippen molar-refractivity contribution in [3.05, 3.63) is 24.3 Å². The van der Waals surface area contributed by atoms with Crippen LogP contribution in [0.5, 0.6) is 5.75 Å². The molecule has 1 aliphatic heterocycles. The highest BCUT2D eigenvalue weighted by molar-refractivity contribution is 5.75. The van der Waals surface area contributed by atoms with E-state index < -0.39 is 0 Å². The number of piperidine rings is 1. The molecule has 0 aromatic heterocycles. The molecule has 0 bridgehead atoms. The number of nitrogen functional groups attached to an aromatic ring is 1. The van der Waals surface area contributed by atoms with Crippen LogP contribution in [0.3, 0.4) is 0 Å². The van der Waals surface area contributed by atoms with Crippen LogP contribution in [0.25, 0.3) is 0 Å². The lowest BCUT2D eigenvalue weighted by atomic mass is 10.00. The van der Waals surface area contributed by atoms with Crippen LogP contribution in [0.1, 0.15) is 39.5 Å². The minimum absolute atomic E-state index is 0.000460. The van der Waals surface area contributed by atoms with Crippen LogP contribution in [0.2, 0.25) is 0 Å². The van der Waals surface area contributed by atoms with E-state index in [4.69, 9.17) is 10.5 Å². The summed E-state index contributed by atoms with van der Waals surface area (Å²) in [5.41, 5.74) is 9.34. The standard InChI is InChI=1S/C16H25N3O2/c1-12-5-3-6-13(2)19(12)18-16(20)9-10-21-15-8-4-7-14(17)11-15/h4,7-8,11-13H,3,5-6,9-10,17H2,1-2H3,(H,18,20). The largest absolute Gasteiger partial charge is 0.493 e. The van der Waals surface area contributed by atoms with Crippen molar-refractivity contribution in [2.24, 2.45) is 0 Å². The summed E-state index contributed by atoms with van der Waals surface area (Å²) >= 11 is 0. The van der Waals surface area contributed by atoms with Gasteiger partial charge in [0, 0.05) is 23.8 Å². The Bertz CT molecular complexity index is 468. The first-order valence-electron chi connectivity index (χ1n) is 7.62. The molecule has 0 aliphatic carbocycles. The number of anilines is 1. The van der Waals surface area contributed by atoms with Crippen molar-refractivity contribution in [1.29, 1.82) is 0 Å². The number of carbonyl (C=O) groups excluding carboxylic acids is 1. The zero-order valence-electron chi connectivity index (χ0n) is 12.8. The molecule has 1 fully saturated rings. The number of nitrogens with zero attached hydrogens (tertiary/aromatic N) is 1. The Morgan fingerprint density at radius 2 is 2.10 bits per heavy atom. The van der Waals surface area contributed by atoms with Gasteiger partial charge in [0.15, 0.2) is 0 Å². The lowest BCUT2D eigenvalue weighted by molar-refractivity contribution is -0.129. The number of carbonyl (C=O) groups is 1. The lowest BCUT2D eigenvalue weighted by Crippen LogP contribution is -2.54. The van der Waals surface area contributed by atoms with Crippen LogP contribution in [-0.4, -0.2) is 29.6 Å². The maximum absolute atomic E-state index is 12.0. The van der Waals surface area contributed by atoms with Gasteiger partial charge in [-0.05, 0) is 38.8 Å². The molecule has 1 aliphatic rings. The van der Waals surface area contributed by atoms with Gasteiger partial charge < -0.3 is 10.5 Å². The summed E-state index contributed by atoms with van der Waals surface area (Å²) < 4.78 is 5.54. The van der Waals surface area contributed by atoms with E-state index in [0.29, 0.717) is 36.5 Å². The molecule has 1 heterocycles. The summed E-state index contributed by atoms with van der Waals surface area (Å²) in [5, 5.41) is 2.08. The molecule has 2 atom stereocenters. The fraction of sp³-hybridized carbons (Fsp3) is 0.562. The van der Waals surface area contributed by atoms with Gasteiger partial charge in [-0.25, -0.2) is 5.01 Å². The smallest absolute Gasteiger partial charge is 0.237 e. The second-order valence-corrected chi connectivity index (χ2v) is 5.74. The Morgan fingerprint density at radius 3 is 2.76 bits per heavy atom. The monoisotopic (exact) mass is 291 g/mol. The normalized spacial score (nSPS) is 22.8. The molecule has 3 N–H and O–H groups in total. The summed E-state index contributed by atoms with van der Waals surface area (Å²) in [6.45, 7) is 4.66. The number of amides is 1. The van der Waals surface area contributed by atoms with Gasteiger partial charge >= 0.3 is 0 Å². The fourth-order valence-electron chi connectivity index (χ4n) is 2.71. The maximum atomic E-state index is 12.0. The number of ether oxygens (including phenoxy) is 1. The number of nitrogens with one attached hydrogen (secondary N) is 1. The van der Waals surface area contributed by atoms with Gasteiger partial charge in [-0.2, -0.15) is 0 Å². The maximum Gasteiger partial charge on any atom is 0.237 e. The van der Waals surface area contributed by atoms with Gasteiger partial charge in [0.05, 0.1) is 13.0 Å². The van der Waals surface area contributed by atoms with E-state index in [0.717, 1.165) is 12.8 Å². The average Bonchev–Trinajstić information content (AvgIpc) is 2.43. The molecule has 116 valence electrons. The van der Waals surface area contributed by atoms with Crippen LogP contribution >= 0.6 is 0 Å². The number of rotatable bonds is 5. The first kappa shape index (κ1) is 15.6. The van der Waals surface area contributed by atoms with E-state index in [1.54, 1.807) is 12.1 Å². The van der Waals surface area contributed by atoms with Crippen molar-refractivity contribution in [2.75, 3.05) is 12.3 Å². The van der Waals surface area contributed by atoms with E-state index in [-0.39, 0.29) is 5.91 Å². The molecule has 5 nitrogen and oxygen atoms in total. The first-order chi connectivity index (χ1) is 10.1. The molecular formula is C16H25N3O2. The molecule has 1 amide bonds. The average molecular weight is 291 g/mol. The number of hydrogen-bond acceptors (Lipinski definition) is 4. The molecule has 0 saturated carbocycles. The lowest BCUT2D eigenvalue weighted by Gasteiger charge is -2.38. The highest BCUT2D eigenvalue weighted by Crippen LogP contribution is 2.20. The fourth-order valence-corrected chi connectivity index (χ4v) is 2.71. The van der Waals surface area contributed by atoms with Crippen molar-refractivity contribution in [3.63, 3.8) is 0 Å². The van der Waals surface area contributed by atoms with Gasteiger partial charge in [0.2, 0.25) is 5.91 Å². The Hall–Kier alpha value is -1.75. The third-order valence-electron chi connectivity index (χ3n) is 3.90. The molecule has 1 aromatic carbocycles. The van der Waals surface area contributed by atoms with Crippen LogP contribution in [-0.2, 0) is 4.79 Å². The van der Waals surface area contributed by atoms with E-state index in [2.05, 4.69) is 24.3 Å². The zero-order chi connectivity index (χ0) is 15.2. The van der Waals surface area contributed by atoms with Crippen molar-refractivity contribution in [1.82, 2.24) is 10.4 Å². The SMILES string of the molecule is CC1CCCC(C)N1NC(=O)CCOc1cccc(N)c1. The van der Waals surface area contributed by atoms with Crippen molar-refractivity contribution in [3.8, 4) is 5.75 Å². The van der Waals surface area contributed by atoms with Crippen molar-refractivity contribution < 1.29 is 9.53 Å².